The summed E-state index contributed by atoms with van der Waals surface area (Å²) in [7, 11) is 5.71. The molecule has 0 aliphatic rings. The van der Waals surface area contributed by atoms with Gasteiger partial charge in [-0.2, -0.15) is 0 Å². The minimum absolute atomic E-state index is 0.0537. The molecule has 1 N–H and O–H groups in total. The average Bonchev–Trinajstić information content (AvgIpc) is 2.74. The lowest BCUT2D eigenvalue weighted by Gasteiger charge is -2.14. The molecule has 0 radical (unpaired) electrons. The number of benzene rings is 2. The van der Waals surface area contributed by atoms with Crippen LogP contribution in [0.15, 0.2) is 30.3 Å². The molecule has 3 aromatic rings. The largest absolute Gasteiger partial charge is 0.594 e. The van der Waals surface area contributed by atoms with Gasteiger partial charge in [0.2, 0.25) is 5.75 Å². The van der Waals surface area contributed by atoms with Crippen LogP contribution >= 0.6 is 0 Å². The molecule has 0 amide bonds. The lowest BCUT2D eigenvalue weighted by atomic mass is 10.2. The van der Waals surface area contributed by atoms with E-state index in [1.165, 1.54) is 52.7 Å². The Bertz CT molecular complexity index is 1120. The molecule has 11 heteroatoms. The molecule has 0 spiro atoms. The number of carbonyl (C=O) groups is 1. The molecule has 0 atom stereocenters. The zero-order chi connectivity index (χ0) is 21.1. The first-order valence-electron chi connectivity index (χ1n) is 8.21. The Balaban J connectivity index is 2.08. The van der Waals surface area contributed by atoms with Crippen molar-refractivity contribution in [2.24, 2.45) is 0 Å². The molecular formula is C18H18N4O7. The van der Waals surface area contributed by atoms with Gasteiger partial charge in [-0.3, -0.25) is 5.41 Å². The quantitative estimate of drug-likeness (QED) is 0.464. The van der Waals surface area contributed by atoms with Crippen molar-refractivity contribution < 1.29 is 33.4 Å². The minimum atomic E-state index is -0.828. The van der Waals surface area contributed by atoms with E-state index in [1.807, 2.05) is 0 Å². The topological polar surface area (TPSA) is 132 Å². The van der Waals surface area contributed by atoms with Crippen LogP contribution in [0.5, 0.6) is 23.0 Å². The molecule has 0 aliphatic carbocycles. The number of hydrogen-bond donors (Lipinski definition) is 1. The van der Waals surface area contributed by atoms with Crippen molar-refractivity contribution in [3.05, 3.63) is 46.7 Å². The number of nitrogens with one attached hydrogen (secondary N) is 1. The molecule has 11 nitrogen and oxygen atoms in total. The predicted molar refractivity (Wildman–Crippen MR) is 98.1 cm³/mol. The summed E-state index contributed by atoms with van der Waals surface area (Å²) < 4.78 is 21.6. The van der Waals surface area contributed by atoms with Gasteiger partial charge in [0.25, 0.3) is 5.52 Å². The van der Waals surface area contributed by atoms with Crippen molar-refractivity contribution in [2.45, 2.75) is 0 Å². The summed E-state index contributed by atoms with van der Waals surface area (Å²) in [6.07, 6.45) is 0. The second-order valence-electron chi connectivity index (χ2n) is 5.64. The highest BCUT2D eigenvalue weighted by Gasteiger charge is 2.21. The van der Waals surface area contributed by atoms with E-state index < -0.39 is 11.6 Å². The van der Waals surface area contributed by atoms with Gasteiger partial charge in [0.15, 0.2) is 17.0 Å². The van der Waals surface area contributed by atoms with Gasteiger partial charge in [0, 0.05) is 0 Å². The van der Waals surface area contributed by atoms with Crippen LogP contribution in [0.2, 0.25) is 0 Å². The standard InChI is InChI=1S/C18H18N4O7/c1-25-11-5-6-12-13(9-11)22(24)20-18(19)21(12)29-17(23)10-7-14(26-2)16(28-4)15(8-10)27-3/h5-9,19H,1-4H3. The molecule has 1 heterocycles. The van der Waals surface area contributed by atoms with E-state index in [1.54, 1.807) is 6.07 Å². The van der Waals surface area contributed by atoms with Gasteiger partial charge in [0.1, 0.15) is 5.75 Å². The van der Waals surface area contributed by atoms with Crippen LogP contribution in [0.25, 0.3) is 11.0 Å². The van der Waals surface area contributed by atoms with E-state index in [9.17, 15) is 10.0 Å². The number of rotatable bonds is 6. The lowest BCUT2D eigenvalue weighted by Crippen LogP contribution is -2.45. The van der Waals surface area contributed by atoms with Gasteiger partial charge < -0.3 is 29.0 Å². The number of nitrogens with zero attached hydrogens (tertiary/aromatic N) is 3. The minimum Gasteiger partial charge on any atom is -0.594 e. The molecule has 29 heavy (non-hydrogen) atoms. The first kappa shape index (κ1) is 19.7. The summed E-state index contributed by atoms with van der Waals surface area (Å²) >= 11 is 0. The van der Waals surface area contributed by atoms with Gasteiger partial charge in [0.05, 0.1) is 45.2 Å². The monoisotopic (exact) mass is 402 g/mol. The average molecular weight is 402 g/mol. The first-order chi connectivity index (χ1) is 13.9. The number of fused-ring (bicyclic) bond motifs is 1. The fourth-order valence-electron chi connectivity index (χ4n) is 2.68. The molecule has 0 fully saturated rings. The van der Waals surface area contributed by atoms with E-state index in [0.717, 1.165) is 4.73 Å². The molecule has 2 aromatic carbocycles. The molecule has 152 valence electrons. The van der Waals surface area contributed by atoms with Crippen molar-refractivity contribution in [2.75, 3.05) is 28.4 Å². The molecule has 0 saturated heterocycles. The van der Waals surface area contributed by atoms with E-state index in [-0.39, 0.29) is 32.9 Å². The maximum absolute atomic E-state index is 12.7. The SMILES string of the molecule is COc1ccc2c(c1)[n+]([O-])nc(=N)n2OC(=O)c1cc(OC)c(OC)c(OC)c1. The maximum atomic E-state index is 12.7. The molecule has 3 rings (SSSR count). The fourth-order valence-corrected chi connectivity index (χ4v) is 2.68. The second kappa shape index (κ2) is 7.92. The van der Waals surface area contributed by atoms with Crippen molar-refractivity contribution >= 4 is 17.0 Å². The van der Waals surface area contributed by atoms with Gasteiger partial charge in [-0.05, 0) is 29.1 Å². The Morgan fingerprint density at radius 2 is 1.69 bits per heavy atom. The normalized spacial score (nSPS) is 10.5. The second-order valence-corrected chi connectivity index (χ2v) is 5.64. The number of hydrogen-bond acceptors (Lipinski definition) is 9. The van der Waals surface area contributed by atoms with Crippen LogP contribution in [-0.2, 0) is 0 Å². The highest BCUT2D eigenvalue weighted by molar-refractivity contribution is 5.91. The van der Waals surface area contributed by atoms with Gasteiger partial charge in [-0.1, -0.05) is 0 Å². The molecular weight excluding hydrogens is 384 g/mol. The third-order valence-corrected chi connectivity index (χ3v) is 4.06. The predicted octanol–water partition coefficient (Wildman–Crippen LogP) is 0.453. The first-order valence-corrected chi connectivity index (χ1v) is 8.21. The van der Waals surface area contributed by atoms with Crippen molar-refractivity contribution in [1.82, 2.24) is 9.83 Å². The Labute approximate surface area is 164 Å². The van der Waals surface area contributed by atoms with Crippen LogP contribution in [0, 0.1) is 10.6 Å². The van der Waals surface area contributed by atoms with E-state index >= 15 is 0 Å². The third-order valence-electron chi connectivity index (χ3n) is 4.06. The summed E-state index contributed by atoms with van der Waals surface area (Å²) in [6.45, 7) is 0. The van der Waals surface area contributed by atoms with E-state index in [0.29, 0.717) is 11.5 Å². The Morgan fingerprint density at radius 3 is 2.24 bits per heavy atom. The van der Waals surface area contributed by atoms with Crippen LogP contribution < -0.4 is 34.2 Å². The number of aromatic nitrogens is 3. The van der Waals surface area contributed by atoms with Gasteiger partial charge in [-0.15, -0.1) is 4.73 Å². The number of carbonyl (C=O) groups excluding carboxylic acids is 1. The van der Waals surface area contributed by atoms with Crippen molar-refractivity contribution in [3.63, 3.8) is 0 Å². The Morgan fingerprint density at radius 1 is 1.03 bits per heavy atom. The summed E-state index contributed by atoms with van der Waals surface area (Å²) in [6, 6.07) is 7.27. The van der Waals surface area contributed by atoms with Crippen LogP contribution in [0.4, 0.5) is 0 Å². The molecule has 0 bridgehead atoms. The van der Waals surface area contributed by atoms with Gasteiger partial charge >= 0.3 is 11.6 Å². The van der Waals surface area contributed by atoms with Crippen LogP contribution in [0.3, 0.4) is 0 Å². The fraction of sp³-hybridized carbons (Fsp3) is 0.222. The molecule has 0 saturated carbocycles. The number of methoxy groups -OCH3 is 4. The summed E-state index contributed by atoms with van der Waals surface area (Å²) in [5.74, 6) is 0.405. The number of ether oxygens (including phenoxy) is 4. The highest BCUT2D eigenvalue weighted by atomic mass is 16.7. The van der Waals surface area contributed by atoms with E-state index in [2.05, 4.69) is 5.10 Å². The van der Waals surface area contributed by atoms with Crippen LogP contribution in [0.1, 0.15) is 10.4 Å². The molecule has 0 aliphatic heterocycles. The molecule has 0 unspecified atom stereocenters. The third kappa shape index (κ3) is 3.57. The van der Waals surface area contributed by atoms with Crippen LogP contribution in [-0.4, -0.2) is 44.2 Å². The summed E-state index contributed by atoms with van der Waals surface area (Å²) in [4.78, 5) is 18.3. The summed E-state index contributed by atoms with van der Waals surface area (Å²) in [5.41, 5.74) is -0.287. The summed E-state index contributed by atoms with van der Waals surface area (Å²) in [5, 5.41) is 23.5. The smallest absolute Gasteiger partial charge is 0.364 e. The maximum Gasteiger partial charge on any atom is 0.364 e. The van der Waals surface area contributed by atoms with Crippen molar-refractivity contribution in [1.29, 1.82) is 5.41 Å². The Kier molecular flexibility index (Phi) is 5.39. The lowest BCUT2D eigenvalue weighted by molar-refractivity contribution is -0.645. The zero-order valence-electron chi connectivity index (χ0n) is 16.1. The molecule has 1 aromatic heterocycles. The highest BCUT2D eigenvalue weighted by Crippen LogP contribution is 2.38. The zero-order valence-corrected chi connectivity index (χ0v) is 16.1. The van der Waals surface area contributed by atoms with Crippen molar-refractivity contribution in [3.8, 4) is 23.0 Å². The van der Waals surface area contributed by atoms with E-state index in [4.69, 9.17) is 29.2 Å². The Hall–Kier alpha value is -4.02. The van der Waals surface area contributed by atoms with Gasteiger partial charge in [-0.25, -0.2) is 4.79 Å².